The maximum atomic E-state index is 16.9. The molecule has 752 valence electrons. The van der Waals surface area contributed by atoms with Crippen molar-refractivity contribution in [2.45, 2.75) is 275 Å². The number of aliphatic hydroxyl groups is 12. The van der Waals surface area contributed by atoms with Crippen LogP contribution in [-0.4, -0.2) is 290 Å². The number of nitrogens with one attached hydrogen (secondary N) is 9. The van der Waals surface area contributed by atoms with E-state index in [2.05, 4.69) is 61.7 Å². The highest BCUT2D eigenvalue weighted by atomic mass is 35.5. The number of rotatable bonds is 26. The molecule has 13 bridgehead atoms. The Bertz CT molecular complexity index is 5430. The first kappa shape index (κ1) is 103. The molecule has 3 saturated heterocycles. The third-order valence-corrected chi connectivity index (χ3v) is 26.3. The van der Waals surface area contributed by atoms with Crippen LogP contribution >= 0.6 is 23.2 Å². The molecular weight excluding hydrogens is 1860 g/mol. The molecule has 3 fully saturated rings. The minimum absolute atomic E-state index is 0.0255. The maximum absolute atomic E-state index is 16.9. The van der Waals surface area contributed by atoms with Crippen molar-refractivity contribution in [1.82, 2.24) is 47.9 Å². The van der Waals surface area contributed by atoms with Crippen LogP contribution in [0.1, 0.15) is 139 Å². The number of phenolic OH excluding ortho intramolecular Hbond substituents is 1. The molecule has 42 nitrogen and oxygen atoms in total. The average molecular weight is 1980 g/mol. The lowest BCUT2D eigenvalue weighted by Gasteiger charge is -2.44. The van der Waals surface area contributed by atoms with Crippen molar-refractivity contribution in [2.75, 3.05) is 19.8 Å². The van der Waals surface area contributed by atoms with Crippen molar-refractivity contribution in [3.63, 3.8) is 0 Å². The number of carbonyl (C=O) groups is 9. The van der Waals surface area contributed by atoms with E-state index in [0.717, 1.165) is 62.1 Å². The lowest BCUT2D eigenvalue weighted by Crippen LogP contribution is -2.67. The molecule has 3 aromatic rings. The predicted molar refractivity (Wildman–Crippen MR) is 488 cm³/mol. The Labute approximate surface area is 806 Å². The smallest absolute Gasteiger partial charge is 0.330 e. The molecule has 5 aliphatic carbocycles. The summed E-state index contributed by atoms with van der Waals surface area (Å²) in [6, 6.07) is -3.18. The number of hydrogen-bond donors (Lipinski definition) is 24. The van der Waals surface area contributed by atoms with Gasteiger partial charge in [-0.15, -0.1) is 11.6 Å². The first-order valence-corrected chi connectivity index (χ1v) is 46.7. The topological polar surface area (TPSA) is 654 Å². The quantitative estimate of drug-likeness (QED) is 0.0383. The lowest BCUT2D eigenvalue weighted by molar-refractivity contribution is -0.292. The van der Waals surface area contributed by atoms with Crippen LogP contribution in [-0.2, 0) is 73.4 Å². The number of hydrogen-bond acceptors (Lipinski definition) is 33. The van der Waals surface area contributed by atoms with E-state index in [-0.39, 0.29) is 108 Å². The van der Waals surface area contributed by atoms with E-state index in [0.29, 0.717) is 24.3 Å². The summed E-state index contributed by atoms with van der Waals surface area (Å²) in [5.41, 5.74) is 6.55. The van der Waals surface area contributed by atoms with Gasteiger partial charge in [0.25, 0.3) is 0 Å². The van der Waals surface area contributed by atoms with Crippen LogP contribution in [0.4, 0.5) is 0 Å². The number of amides is 8. The minimum Gasteiger partial charge on any atom is -0.512 e. The number of nitrogens with two attached hydrogens (primary N) is 1. The Balaban J connectivity index is 0.977. The fourth-order valence-electron chi connectivity index (χ4n) is 18.1. The van der Waals surface area contributed by atoms with Gasteiger partial charge in [-0.3, -0.25) is 38.4 Å². The van der Waals surface area contributed by atoms with E-state index in [9.17, 15) is 90.7 Å². The Morgan fingerprint density at radius 1 is 0.597 bits per heavy atom. The number of alkyl halides is 1. The van der Waals surface area contributed by atoms with Gasteiger partial charge in [-0.1, -0.05) is 105 Å². The Hall–Kier alpha value is -11.4. The van der Waals surface area contributed by atoms with Gasteiger partial charge < -0.3 is 168 Å². The highest BCUT2D eigenvalue weighted by Gasteiger charge is 2.53. The number of benzene rings is 3. The first-order chi connectivity index (χ1) is 66.4. The second-order valence-electron chi connectivity index (χ2n) is 36.3. The SMILES string of the molecule is CC(=O)N[C@@H]1[C@@H](O[C@H]2C3=CC=C(Oc4cc5cc(c4O[C@H]4O[C@H](CNCc6ccccc6)[C@@H](O)[C@H](O)[C@H]4NC(=O)CCCCCCC(C)C)OC4=C(Cl)C=C(CC4)C[C@H]4NC(=O)[C@H](N)c6ccc(O)c(c6)O[C@H]6C=C(O)C=C(C6)C(NC4=O)C(=O)N[C@H]5C(=O)N[C@H](C4=CC=C(O)CC4)C(=O)NC2C(=O)N[C@H](C(=O)O)C2=CC(O)CC(O[C@H]4O[C@H](CO)[C@@H](O)[C@H](O)[C@@H]4O)=C2)C(Cl)C3)O[C@@H](CO)[C@H](O)[C@H]1O. The molecule has 8 aliphatic heterocycles. The van der Waals surface area contributed by atoms with Gasteiger partial charge in [0.05, 0.1) is 35.5 Å². The van der Waals surface area contributed by atoms with E-state index in [4.69, 9.17) is 71.6 Å². The minimum atomic E-state index is -2.51. The summed E-state index contributed by atoms with van der Waals surface area (Å²) in [6.07, 6.45) is -18.3. The zero-order valence-electron chi connectivity index (χ0n) is 75.7. The van der Waals surface area contributed by atoms with Crippen molar-refractivity contribution in [2.24, 2.45) is 11.7 Å². The summed E-state index contributed by atoms with van der Waals surface area (Å²) in [7, 11) is 0. The number of phenols is 1. The van der Waals surface area contributed by atoms with Crippen LogP contribution in [0.5, 0.6) is 28.7 Å². The van der Waals surface area contributed by atoms with E-state index < -0.39 is 284 Å². The number of halogens is 2. The van der Waals surface area contributed by atoms with Gasteiger partial charge in [-0.25, -0.2) is 4.79 Å². The maximum Gasteiger partial charge on any atom is 0.330 e. The number of allylic oxidation sites excluding steroid dienone is 10. The van der Waals surface area contributed by atoms with E-state index in [1.54, 1.807) is 0 Å². The normalized spacial score (nSPS) is 32.0. The molecule has 44 heteroatoms. The molecule has 8 heterocycles. The lowest BCUT2D eigenvalue weighted by atomic mass is 9.90. The van der Waals surface area contributed by atoms with Crippen molar-refractivity contribution < 1.29 is 157 Å². The zero-order chi connectivity index (χ0) is 99.6. The van der Waals surface area contributed by atoms with Crippen LogP contribution in [0.2, 0.25) is 0 Å². The number of unbranched alkanes of at least 4 members (excludes halogenated alkanes) is 3. The van der Waals surface area contributed by atoms with Gasteiger partial charge in [0.15, 0.2) is 35.3 Å². The molecule has 26 atom stereocenters. The standard InChI is InChI=1S/C95H116Cl2N10O32/c1-41(2)11-7-4-5-10-14-68(115)102-75-81(120)77(116)65(38-99-37-43-12-8-6-9-13-43)135-94(75)139-85-63-33-50-34-64(85)134-61-24-19-47(31-57(61)97)84(138-93-74(100-42(3)110)80(119)78(117)66(39-108)136-93)76(91(128)106-73(92(129)130)49-28-53(113)36-55(30-49)132-95-83(122)82(121)79(118)67(40-109)137-95)107-88(125)70(45-16-20-51(111)21-17-45)104-90(127)72(50)105-89(126)71-48-27-52(112)35-54(29-48)131-62-32-46(18-22-59(62)114)69(98)87(124)101-58(86(123)103-71)26-44-15-23-60(133-63)56(96)25-44/h6,8-9,12-13,16,18-20,22,24-25,27-28,30,32-35,41,53-54,57-58,65-67,69-84,93-95,99,108-109,111-114,116-122H,4-5,7,10-11,14-15,17,21,23,26,29,31,36-40,98H2,1-3H3,(H,100,110)(H,101,124)(H,102,115)(H,103,123)(H,104,127)(H,105,126)(H,106,128)(H,107,125)(H,129,130)/t53?,54-,57?,58-,65-,66+,67-,69-,70-,71?,72-,73+,74+,75-,76?,77-,78+,79-,80+,81-,82+,83+,84+,93-,94-,95+/m1/s1. The van der Waals surface area contributed by atoms with Gasteiger partial charge >= 0.3 is 5.97 Å². The summed E-state index contributed by atoms with van der Waals surface area (Å²) < 4.78 is 58.6. The molecule has 0 aromatic heterocycles. The van der Waals surface area contributed by atoms with Gasteiger partial charge in [0, 0.05) is 52.1 Å². The third-order valence-electron chi connectivity index (χ3n) is 25.6. The van der Waals surface area contributed by atoms with Crippen LogP contribution in [0.25, 0.3) is 0 Å². The summed E-state index contributed by atoms with van der Waals surface area (Å²) in [5.74, 6) is -14.7. The van der Waals surface area contributed by atoms with Gasteiger partial charge in [-0.2, -0.15) is 0 Å². The highest BCUT2D eigenvalue weighted by Crippen LogP contribution is 2.48. The van der Waals surface area contributed by atoms with Crippen molar-refractivity contribution >= 4 is 76.4 Å². The number of ether oxygens (including phenoxy) is 9. The molecule has 0 saturated carbocycles. The predicted octanol–water partition coefficient (Wildman–Crippen LogP) is 0.437. The van der Waals surface area contributed by atoms with Crippen LogP contribution in [0.3, 0.4) is 0 Å². The van der Waals surface area contributed by atoms with Crippen molar-refractivity contribution in [1.29, 1.82) is 0 Å². The molecule has 0 spiro atoms. The molecule has 4 unspecified atom stereocenters. The van der Waals surface area contributed by atoms with E-state index >= 15 is 24.0 Å². The summed E-state index contributed by atoms with van der Waals surface area (Å²) in [6.45, 7) is 3.23. The van der Waals surface area contributed by atoms with E-state index in [1.165, 1.54) is 54.6 Å². The highest BCUT2D eigenvalue weighted by molar-refractivity contribution is 6.31. The molecule has 8 amide bonds. The molecule has 139 heavy (non-hydrogen) atoms. The molecular formula is C95H116Cl2N10O32. The Morgan fingerprint density at radius 2 is 1.24 bits per heavy atom. The molecule has 0 radical (unpaired) electrons. The number of aliphatic carboxylic acids is 1. The molecule has 13 aliphatic rings. The van der Waals surface area contributed by atoms with Crippen molar-refractivity contribution in [3.8, 4) is 28.7 Å². The number of fused-ring (bicyclic) bond motifs is 15. The zero-order valence-corrected chi connectivity index (χ0v) is 77.2. The second-order valence-corrected chi connectivity index (χ2v) is 37.2. The Morgan fingerprint density at radius 3 is 1.94 bits per heavy atom. The summed E-state index contributed by atoms with van der Waals surface area (Å²) in [5, 5.41) is 181. The van der Waals surface area contributed by atoms with Gasteiger partial charge in [0.2, 0.25) is 65.6 Å². The fourth-order valence-corrected chi connectivity index (χ4v) is 18.7. The molecule has 16 rings (SSSR count). The molecule has 25 N–H and O–H groups in total. The number of carboxylic acid groups (broad SMARTS) is 1. The van der Waals surface area contributed by atoms with Gasteiger partial charge in [0.1, 0.15) is 145 Å². The second kappa shape index (κ2) is 45.9. The van der Waals surface area contributed by atoms with Crippen LogP contribution in [0, 0.1) is 5.92 Å². The largest absolute Gasteiger partial charge is 0.512 e. The fraction of sp³-hybridized carbons (Fsp3) is 0.505. The van der Waals surface area contributed by atoms with E-state index in [1.807, 2.05) is 30.3 Å². The first-order valence-electron chi connectivity index (χ1n) is 45.9. The number of aliphatic hydroxyl groups excluding tert-OH is 12. The van der Waals surface area contributed by atoms with Crippen LogP contribution < -0.4 is 72.5 Å². The molecule has 3 aromatic carbocycles. The number of carboxylic acids is 1. The monoisotopic (exact) mass is 1980 g/mol. The summed E-state index contributed by atoms with van der Waals surface area (Å²) >= 11 is 15.1. The number of carbonyl (C=O) groups excluding carboxylic acids is 8. The average Bonchev–Trinajstić information content (AvgIpc) is 0.765. The van der Waals surface area contributed by atoms with Crippen molar-refractivity contribution in [3.05, 3.63) is 194 Å². The third kappa shape index (κ3) is 25.0. The van der Waals surface area contributed by atoms with Gasteiger partial charge in [-0.05, 0) is 144 Å². The Kier molecular flexibility index (Phi) is 34.2. The summed E-state index contributed by atoms with van der Waals surface area (Å²) in [4.78, 5) is 139. The van der Waals surface area contributed by atoms with Crippen LogP contribution in [0.15, 0.2) is 177 Å². The number of aromatic hydroxyl groups is 1.